The number of carbonyl (C=O) groups is 1. The molecule has 0 radical (unpaired) electrons. The molecule has 0 aliphatic carbocycles. The van der Waals surface area contributed by atoms with Crippen LogP contribution in [0.3, 0.4) is 0 Å². The number of Topliss-reactive ketones (excluding diaryl/α,β-unsaturated/α-hetero) is 1. The summed E-state index contributed by atoms with van der Waals surface area (Å²) in [5, 5.41) is 0. The van der Waals surface area contributed by atoms with Crippen molar-refractivity contribution in [2.45, 2.75) is 32.4 Å². The molecule has 0 aliphatic heterocycles. The maximum Gasteiger partial charge on any atom is 0.210 e. The Morgan fingerprint density at radius 2 is 2.09 bits per heavy atom. The van der Waals surface area contributed by atoms with E-state index < -0.39 is 6.10 Å². The number of ketones is 1. The summed E-state index contributed by atoms with van der Waals surface area (Å²) in [7, 11) is 1.53. The van der Waals surface area contributed by atoms with E-state index in [0.717, 1.165) is 5.56 Å². The predicted molar refractivity (Wildman–Crippen MR) is 85.7 cm³/mol. The number of imidazole rings is 1. The third-order valence-electron chi connectivity index (χ3n) is 3.66. The molecule has 0 amide bonds. The second kappa shape index (κ2) is 7.58. The van der Waals surface area contributed by atoms with Gasteiger partial charge in [0.1, 0.15) is 11.8 Å². The Bertz CT molecular complexity index is 680. The fraction of sp³-hybridized carbons (Fsp3) is 0.333. The van der Waals surface area contributed by atoms with Gasteiger partial charge >= 0.3 is 0 Å². The monoisotopic (exact) mass is 296 g/mol. The van der Waals surface area contributed by atoms with Crippen molar-refractivity contribution in [1.29, 1.82) is 0 Å². The Balaban J connectivity index is 2.28. The number of hydrogen-bond donors (Lipinski definition) is 0. The van der Waals surface area contributed by atoms with E-state index in [1.165, 1.54) is 7.11 Å². The lowest BCUT2D eigenvalue weighted by Gasteiger charge is -2.18. The maximum atomic E-state index is 12.6. The van der Waals surface area contributed by atoms with Crippen molar-refractivity contribution in [1.82, 2.24) is 9.55 Å². The van der Waals surface area contributed by atoms with Crippen molar-refractivity contribution >= 4 is 5.78 Å². The van der Waals surface area contributed by atoms with Gasteiger partial charge in [0, 0.05) is 13.5 Å². The van der Waals surface area contributed by atoms with E-state index in [1.807, 2.05) is 41.8 Å². The smallest absolute Gasteiger partial charge is 0.210 e. The highest BCUT2D eigenvalue weighted by molar-refractivity contribution is 5.98. The van der Waals surface area contributed by atoms with Crippen molar-refractivity contribution < 1.29 is 9.53 Å². The maximum absolute atomic E-state index is 12.6. The van der Waals surface area contributed by atoms with E-state index in [1.54, 1.807) is 19.4 Å². The fourth-order valence-corrected chi connectivity index (χ4v) is 2.34. The molecule has 0 bridgehead atoms. The standard InChI is InChI=1S/C18H20N2O2/c1-4-5-11-17(22-3)18(21)16-12-19-13-20(16)14(2)15-9-7-6-8-10-15/h6-10,12-14,17H,11H2,1-3H3/t14-,17?/m1/s1. The first-order valence-corrected chi connectivity index (χ1v) is 7.22. The van der Waals surface area contributed by atoms with Crippen molar-refractivity contribution in [2.24, 2.45) is 0 Å². The van der Waals surface area contributed by atoms with Crippen LogP contribution in [0.25, 0.3) is 0 Å². The van der Waals surface area contributed by atoms with Crippen LogP contribution in [0.5, 0.6) is 0 Å². The summed E-state index contributed by atoms with van der Waals surface area (Å²) in [6.07, 6.45) is 3.10. The van der Waals surface area contributed by atoms with Gasteiger partial charge in [-0.05, 0) is 19.4 Å². The Labute approximate surface area is 131 Å². The molecule has 2 rings (SSSR count). The summed E-state index contributed by atoms with van der Waals surface area (Å²) in [4.78, 5) is 16.8. The average Bonchev–Trinajstić information content (AvgIpc) is 3.05. The number of rotatable bonds is 6. The van der Waals surface area contributed by atoms with Crippen molar-refractivity contribution in [3.8, 4) is 11.8 Å². The zero-order valence-electron chi connectivity index (χ0n) is 13.1. The largest absolute Gasteiger partial charge is 0.372 e. The van der Waals surface area contributed by atoms with Gasteiger partial charge in [0.05, 0.1) is 18.6 Å². The minimum absolute atomic E-state index is 0.0254. The SMILES string of the molecule is CC#CCC(OC)C(=O)c1cncn1[C@H](C)c1ccccc1. The molecule has 1 heterocycles. The first kappa shape index (κ1) is 16.0. The third-order valence-corrected chi connectivity index (χ3v) is 3.66. The molecule has 2 atom stereocenters. The lowest BCUT2D eigenvalue weighted by Crippen LogP contribution is -2.26. The van der Waals surface area contributed by atoms with Gasteiger partial charge in [-0.1, -0.05) is 30.3 Å². The van der Waals surface area contributed by atoms with Crippen LogP contribution in [0, 0.1) is 11.8 Å². The minimum Gasteiger partial charge on any atom is -0.372 e. The summed E-state index contributed by atoms with van der Waals surface area (Å²) >= 11 is 0. The minimum atomic E-state index is -0.564. The molecule has 4 heteroatoms. The van der Waals surface area contributed by atoms with E-state index in [4.69, 9.17) is 4.74 Å². The lowest BCUT2D eigenvalue weighted by atomic mass is 10.1. The number of aromatic nitrogens is 2. The summed E-state index contributed by atoms with van der Waals surface area (Å²) in [6, 6.07) is 10.0. The van der Waals surface area contributed by atoms with Crippen LogP contribution in [-0.4, -0.2) is 28.5 Å². The van der Waals surface area contributed by atoms with E-state index in [0.29, 0.717) is 12.1 Å². The van der Waals surface area contributed by atoms with Gasteiger partial charge < -0.3 is 9.30 Å². The summed E-state index contributed by atoms with van der Waals surface area (Å²) in [6.45, 7) is 3.79. The molecule has 1 aromatic heterocycles. The highest BCUT2D eigenvalue weighted by Gasteiger charge is 2.24. The highest BCUT2D eigenvalue weighted by Crippen LogP contribution is 2.20. The molecule has 22 heavy (non-hydrogen) atoms. The molecule has 0 N–H and O–H groups in total. The summed E-state index contributed by atoms with van der Waals surface area (Å²) < 4.78 is 7.16. The number of nitrogens with zero attached hydrogens (tertiary/aromatic N) is 2. The lowest BCUT2D eigenvalue weighted by molar-refractivity contribution is 0.0609. The molecule has 4 nitrogen and oxygen atoms in total. The Hall–Kier alpha value is -2.38. The highest BCUT2D eigenvalue weighted by atomic mass is 16.5. The van der Waals surface area contributed by atoms with E-state index >= 15 is 0 Å². The van der Waals surface area contributed by atoms with Gasteiger partial charge in [0.15, 0.2) is 0 Å². The van der Waals surface area contributed by atoms with Crippen LogP contribution >= 0.6 is 0 Å². The number of methoxy groups -OCH3 is 1. The van der Waals surface area contributed by atoms with Crippen LogP contribution in [0.4, 0.5) is 0 Å². The fourth-order valence-electron chi connectivity index (χ4n) is 2.34. The van der Waals surface area contributed by atoms with Gasteiger partial charge in [0.2, 0.25) is 5.78 Å². The van der Waals surface area contributed by atoms with E-state index in [9.17, 15) is 4.79 Å². The van der Waals surface area contributed by atoms with Crippen LogP contribution in [0.15, 0.2) is 42.9 Å². The van der Waals surface area contributed by atoms with Gasteiger partial charge in [-0.2, -0.15) is 0 Å². The topological polar surface area (TPSA) is 44.1 Å². The second-order valence-electron chi connectivity index (χ2n) is 4.99. The molecule has 114 valence electrons. The zero-order chi connectivity index (χ0) is 15.9. The summed E-state index contributed by atoms with van der Waals surface area (Å²) in [5.41, 5.74) is 1.66. The van der Waals surface area contributed by atoms with Gasteiger partial charge in [-0.3, -0.25) is 4.79 Å². The molecule has 0 fully saturated rings. The first-order chi connectivity index (χ1) is 10.7. The number of hydrogen-bond acceptors (Lipinski definition) is 3. The van der Waals surface area contributed by atoms with E-state index in [-0.39, 0.29) is 11.8 Å². The average molecular weight is 296 g/mol. The quantitative estimate of drug-likeness (QED) is 0.608. The Morgan fingerprint density at radius 1 is 1.36 bits per heavy atom. The van der Waals surface area contributed by atoms with Crippen molar-refractivity contribution in [2.75, 3.05) is 7.11 Å². The van der Waals surface area contributed by atoms with Crippen molar-refractivity contribution in [3.05, 3.63) is 54.1 Å². The van der Waals surface area contributed by atoms with Gasteiger partial charge in [-0.15, -0.1) is 11.8 Å². The Kier molecular flexibility index (Phi) is 5.51. The molecule has 0 aliphatic rings. The molecule has 2 aromatic rings. The molecular weight excluding hydrogens is 276 g/mol. The number of ether oxygens (including phenoxy) is 1. The summed E-state index contributed by atoms with van der Waals surface area (Å²) in [5.74, 6) is 5.60. The molecule has 0 saturated heterocycles. The number of carbonyl (C=O) groups excluding carboxylic acids is 1. The zero-order valence-corrected chi connectivity index (χ0v) is 13.1. The second-order valence-corrected chi connectivity index (χ2v) is 4.99. The molecule has 0 spiro atoms. The molecule has 1 aromatic carbocycles. The Morgan fingerprint density at radius 3 is 2.73 bits per heavy atom. The van der Waals surface area contributed by atoms with E-state index in [2.05, 4.69) is 16.8 Å². The number of benzene rings is 1. The molecule has 1 unspecified atom stereocenters. The first-order valence-electron chi connectivity index (χ1n) is 7.22. The van der Waals surface area contributed by atoms with Crippen LogP contribution in [-0.2, 0) is 4.74 Å². The van der Waals surface area contributed by atoms with Gasteiger partial charge in [-0.25, -0.2) is 4.98 Å². The van der Waals surface area contributed by atoms with Crippen molar-refractivity contribution in [3.63, 3.8) is 0 Å². The molecule has 0 saturated carbocycles. The van der Waals surface area contributed by atoms with Crippen LogP contribution in [0.2, 0.25) is 0 Å². The third kappa shape index (κ3) is 3.44. The van der Waals surface area contributed by atoms with Crippen LogP contribution in [0.1, 0.15) is 42.4 Å². The molecular formula is C18H20N2O2. The normalized spacial score (nSPS) is 13.0. The van der Waals surface area contributed by atoms with Gasteiger partial charge in [0.25, 0.3) is 0 Å². The van der Waals surface area contributed by atoms with Crippen LogP contribution < -0.4 is 0 Å². The predicted octanol–water partition coefficient (Wildman–Crippen LogP) is 3.10.